The third-order valence-corrected chi connectivity index (χ3v) is 2.60. The molecule has 0 spiro atoms. The van der Waals surface area contributed by atoms with E-state index in [9.17, 15) is 9.59 Å². The number of nitrogens with two attached hydrogens (primary N) is 1. The molecule has 0 unspecified atom stereocenters. The van der Waals surface area contributed by atoms with Crippen molar-refractivity contribution in [1.82, 2.24) is 9.97 Å². The van der Waals surface area contributed by atoms with Gasteiger partial charge >= 0.3 is 0 Å². The van der Waals surface area contributed by atoms with Gasteiger partial charge in [-0.2, -0.15) is 0 Å². The number of carbonyl (C=O) groups is 1. The Balaban J connectivity index is 2.31. The Morgan fingerprint density at radius 2 is 2.00 bits per heavy atom. The van der Waals surface area contributed by atoms with Gasteiger partial charge in [-0.25, -0.2) is 4.98 Å². The molecule has 0 aliphatic carbocycles. The van der Waals surface area contributed by atoms with Crippen LogP contribution in [0.1, 0.15) is 21.7 Å². The van der Waals surface area contributed by atoms with Crippen LogP contribution < -0.4 is 11.3 Å². The highest BCUT2D eigenvalue weighted by Crippen LogP contribution is 2.08. The number of nitrogens with one attached hydrogen (secondary N) is 1. The number of carbonyl (C=O) groups excluding carboxylic acids is 1. The molecular formula is C13H13N3O2. The average molecular weight is 243 g/mol. The minimum Gasteiger partial charge on any atom is -0.383 e. The molecule has 1 aromatic carbocycles. The molecule has 0 atom stereocenters. The molecule has 0 aliphatic heterocycles. The topological polar surface area (TPSA) is 88.8 Å². The Morgan fingerprint density at radius 1 is 1.33 bits per heavy atom. The number of ketones is 1. The molecule has 5 heteroatoms. The number of hydrogen-bond donors (Lipinski definition) is 2. The molecule has 2 rings (SSSR count). The first-order valence-corrected chi connectivity index (χ1v) is 5.51. The van der Waals surface area contributed by atoms with Gasteiger partial charge in [-0.3, -0.25) is 9.59 Å². The lowest BCUT2D eigenvalue weighted by Gasteiger charge is -2.04. The molecule has 0 amide bonds. The molecule has 5 nitrogen and oxygen atoms in total. The molecule has 0 aliphatic rings. The number of hydrogen-bond acceptors (Lipinski definition) is 4. The van der Waals surface area contributed by atoms with Crippen molar-refractivity contribution in [3.63, 3.8) is 0 Å². The quantitative estimate of drug-likeness (QED) is 0.789. The van der Waals surface area contributed by atoms with Crippen molar-refractivity contribution in [3.05, 3.63) is 57.6 Å². The van der Waals surface area contributed by atoms with E-state index in [2.05, 4.69) is 9.97 Å². The lowest BCUT2D eigenvalue weighted by atomic mass is 10.0. The van der Waals surface area contributed by atoms with E-state index >= 15 is 0 Å². The van der Waals surface area contributed by atoms with E-state index < -0.39 is 0 Å². The number of benzene rings is 1. The van der Waals surface area contributed by atoms with Crippen molar-refractivity contribution in [2.24, 2.45) is 0 Å². The molecule has 0 fully saturated rings. The number of Topliss-reactive ketones (excluding diaryl/α,β-unsaturated/α-hetero) is 1. The number of rotatable bonds is 3. The van der Waals surface area contributed by atoms with Crippen LogP contribution in [0.15, 0.2) is 35.1 Å². The zero-order valence-corrected chi connectivity index (χ0v) is 9.93. The lowest BCUT2D eigenvalue weighted by molar-refractivity contribution is 0.0992. The van der Waals surface area contributed by atoms with Crippen LogP contribution in [0.25, 0.3) is 0 Å². The first-order valence-electron chi connectivity index (χ1n) is 5.51. The van der Waals surface area contributed by atoms with Crippen LogP contribution in [0.5, 0.6) is 0 Å². The summed E-state index contributed by atoms with van der Waals surface area (Å²) in [5.74, 6) is 0.396. The summed E-state index contributed by atoms with van der Waals surface area (Å²) in [6, 6.07) is 8.77. The fourth-order valence-corrected chi connectivity index (χ4v) is 1.69. The summed E-state index contributed by atoms with van der Waals surface area (Å²) < 4.78 is 0. The largest absolute Gasteiger partial charge is 0.383 e. The van der Waals surface area contributed by atoms with Crippen molar-refractivity contribution in [2.75, 3.05) is 5.73 Å². The molecule has 18 heavy (non-hydrogen) atoms. The van der Waals surface area contributed by atoms with Gasteiger partial charge in [0.2, 0.25) is 0 Å². The van der Waals surface area contributed by atoms with Crippen LogP contribution >= 0.6 is 0 Å². The number of H-pyrrole nitrogens is 1. The number of aromatic amines is 1. The first kappa shape index (κ1) is 12.0. The molecule has 2 aromatic rings. The van der Waals surface area contributed by atoms with Gasteiger partial charge in [0.1, 0.15) is 11.6 Å². The van der Waals surface area contributed by atoms with Crippen LogP contribution in [0, 0.1) is 6.92 Å². The van der Waals surface area contributed by atoms with Crippen LogP contribution in [-0.4, -0.2) is 15.8 Å². The van der Waals surface area contributed by atoms with Crippen LogP contribution in [0.4, 0.5) is 5.82 Å². The number of anilines is 1. The number of aromatic nitrogens is 2. The second kappa shape index (κ2) is 4.83. The molecule has 0 radical (unpaired) electrons. The lowest BCUT2D eigenvalue weighted by Crippen LogP contribution is -2.21. The van der Waals surface area contributed by atoms with Crippen LogP contribution in [0.3, 0.4) is 0 Å². The molecule has 1 aromatic heterocycles. The smallest absolute Gasteiger partial charge is 0.256 e. The molecule has 0 saturated heterocycles. The summed E-state index contributed by atoms with van der Waals surface area (Å²) in [7, 11) is 0. The average Bonchev–Trinajstić information content (AvgIpc) is 2.34. The van der Waals surface area contributed by atoms with E-state index in [0.29, 0.717) is 11.4 Å². The van der Waals surface area contributed by atoms with E-state index in [-0.39, 0.29) is 29.1 Å². The van der Waals surface area contributed by atoms with Gasteiger partial charge in [0.25, 0.3) is 5.56 Å². The van der Waals surface area contributed by atoms with Gasteiger partial charge in [-0.15, -0.1) is 0 Å². The third kappa shape index (κ3) is 2.45. The molecule has 0 saturated carbocycles. The predicted molar refractivity (Wildman–Crippen MR) is 68.5 cm³/mol. The highest BCUT2D eigenvalue weighted by Gasteiger charge is 2.13. The Morgan fingerprint density at radius 3 is 2.61 bits per heavy atom. The van der Waals surface area contributed by atoms with Crippen molar-refractivity contribution >= 4 is 11.6 Å². The fourth-order valence-electron chi connectivity index (χ4n) is 1.69. The maximum absolute atomic E-state index is 12.0. The summed E-state index contributed by atoms with van der Waals surface area (Å²) in [6.07, 6.45) is -0.0432. The van der Waals surface area contributed by atoms with Gasteiger partial charge < -0.3 is 10.7 Å². The number of nitrogens with zero attached hydrogens (tertiary/aromatic N) is 1. The Hall–Kier alpha value is -2.43. The normalized spacial score (nSPS) is 10.3. The highest BCUT2D eigenvalue weighted by molar-refractivity contribution is 5.97. The van der Waals surface area contributed by atoms with E-state index in [1.165, 1.54) is 0 Å². The maximum Gasteiger partial charge on any atom is 0.256 e. The van der Waals surface area contributed by atoms with Gasteiger partial charge in [0.15, 0.2) is 5.78 Å². The third-order valence-electron chi connectivity index (χ3n) is 2.60. The Bertz CT molecular complexity index is 632. The second-order valence-corrected chi connectivity index (χ2v) is 3.98. The highest BCUT2D eigenvalue weighted by atomic mass is 16.1. The summed E-state index contributed by atoms with van der Waals surface area (Å²) >= 11 is 0. The van der Waals surface area contributed by atoms with Crippen molar-refractivity contribution in [3.8, 4) is 0 Å². The molecule has 0 bridgehead atoms. The first-order chi connectivity index (χ1) is 8.58. The predicted octanol–water partition coefficient (Wildman–Crippen LogP) is 1.09. The monoisotopic (exact) mass is 243 g/mol. The van der Waals surface area contributed by atoms with Gasteiger partial charge in [-0.05, 0) is 6.92 Å². The maximum atomic E-state index is 12.0. The number of nitrogen functional groups attached to an aromatic ring is 1. The van der Waals surface area contributed by atoms with E-state index in [0.717, 1.165) is 0 Å². The van der Waals surface area contributed by atoms with Crippen LogP contribution in [0.2, 0.25) is 0 Å². The van der Waals surface area contributed by atoms with Gasteiger partial charge in [0, 0.05) is 12.0 Å². The number of aryl methyl sites for hydroxylation is 1. The molecule has 1 heterocycles. The Kier molecular flexibility index (Phi) is 3.23. The summed E-state index contributed by atoms with van der Waals surface area (Å²) in [5.41, 5.74) is 6.08. The standard InChI is InChI=1S/C13H13N3O2/c1-8-15-12(14)10(13(18)16-8)7-11(17)9-5-3-2-4-6-9/h2-6H,7H2,1H3,(H3,14,15,16,18). The second-order valence-electron chi connectivity index (χ2n) is 3.98. The Labute approximate surface area is 104 Å². The molecular weight excluding hydrogens is 230 g/mol. The summed E-state index contributed by atoms with van der Waals surface area (Å²) in [5, 5.41) is 0. The SMILES string of the molecule is Cc1nc(N)c(CC(=O)c2ccccc2)c(=O)[nH]1. The van der Waals surface area contributed by atoms with E-state index in [1.54, 1.807) is 31.2 Å². The zero-order chi connectivity index (χ0) is 13.1. The minimum atomic E-state index is -0.357. The van der Waals surface area contributed by atoms with E-state index in [1.807, 2.05) is 6.07 Å². The van der Waals surface area contributed by atoms with E-state index in [4.69, 9.17) is 5.73 Å². The van der Waals surface area contributed by atoms with Gasteiger partial charge in [-0.1, -0.05) is 30.3 Å². The fraction of sp³-hybridized carbons (Fsp3) is 0.154. The molecule has 3 N–H and O–H groups in total. The summed E-state index contributed by atoms with van der Waals surface area (Å²) in [6.45, 7) is 1.64. The van der Waals surface area contributed by atoms with Crippen LogP contribution in [-0.2, 0) is 6.42 Å². The van der Waals surface area contributed by atoms with Crippen molar-refractivity contribution < 1.29 is 4.79 Å². The van der Waals surface area contributed by atoms with Gasteiger partial charge in [0.05, 0.1) is 5.56 Å². The summed E-state index contributed by atoms with van der Waals surface area (Å²) in [4.78, 5) is 30.2. The van der Waals surface area contributed by atoms with Crippen molar-refractivity contribution in [2.45, 2.75) is 13.3 Å². The molecule has 92 valence electrons. The zero-order valence-electron chi connectivity index (χ0n) is 9.93. The van der Waals surface area contributed by atoms with Crippen molar-refractivity contribution in [1.29, 1.82) is 0 Å². The minimum absolute atomic E-state index is 0.0432.